The monoisotopic (exact) mass is 424 g/mol. The van der Waals surface area contributed by atoms with Gasteiger partial charge in [0.1, 0.15) is 5.75 Å². The summed E-state index contributed by atoms with van der Waals surface area (Å²) in [6.07, 6.45) is 1.23. The quantitative estimate of drug-likeness (QED) is 0.597. The molecule has 27 heavy (non-hydrogen) atoms. The van der Waals surface area contributed by atoms with Crippen LogP contribution in [0.15, 0.2) is 57.8 Å². The molecule has 0 aliphatic carbocycles. The third-order valence-corrected chi connectivity index (χ3v) is 5.40. The number of aromatic nitrogens is 1. The molecule has 138 valence electrons. The molecule has 0 fully saturated rings. The average molecular weight is 425 g/mol. The Morgan fingerprint density at radius 3 is 2.59 bits per heavy atom. The maximum atomic E-state index is 12.1. The van der Waals surface area contributed by atoms with Crippen molar-refractivity contribution in [3.63, 3.8) is 0 Å². The van der Waals surface area contributed by atoms with Crippen molar-refractivity contribution in [2.75, 3.05) is 6.61 Å². The summed E-state index contributed by atoms with van der Waals surface area (Å²) in [6, 6.07) is 17.8. The number of nitrogens with one attached hydrogen (secondary N) is 1. The second-order valence-electron chi connectivity index (χ2n) is 6.78. The molecule has 1 N–H and O–H groups in total. The van der Waals surface area contributed by atoms with E-state index >= 15 is 0 Å². The van der Waals surface area contributed by atoms with Gasteiger partial charge in [0.25, 0.3) is 5.56 Å². The Morgan fingerprint density at radius 2 is 1.93 bits per heavy atom. The molecule has 3 rings (SSSR count). The molecule has 0 aliphatic heterocycles. The second kappa shape index (κ2) is 7.98. The van der Waals surface area contributed by atoms with E-state index in [0.717, 1.165) is 32.3 Å². The van der Waals surface area contributed by atoms with Crippen LogP contribution in [0.5, 0.6) is 5.75 Å². The summed E-state index contributed by atoms with van der Waals surface area (Å²) in [5, 5.41) is 10.8. The van der Waals surface area contributed by atoms with E-state index in [2.05, 4.69) is 27.0 Å². The largest absolute Gasteiger partial charge is 0.494 e. The predicted molar refractivity (Wildman–Crippen MR) is 111 cm³/mol. The lowest BCUT2D eigenvalue weighted by atomic mass is 9.81. The van der Waals surface area contributed by atoms with Gasteiger partial charge in [-0.1, -0.05) is 35.0 Å². The lowest BCUT2D eigenvalue weighted by molar-refractivity contribution is 0.285. The number of ether oxygens (including phenoxy) is 1. The lowest BCUT2D eigenvalue weighted by Gasteiger charge is -2.22. The summed E-state index contributed by atoms with van der Waals surface area (Å²) < 4.78 is 6.78. The lowest BCUT2D eigenvalue weighted by Crippen LogP contribution is -2.23. The number of nitriles is 1. The Labute approximate surface area is 166 Å². The van der Waals surface area contributed by atoms with Gasteiger partial charge >= 0.3 is 0 Å². The van der Waals surface area contributed by atoms with E-state index in [-0.39, 0.29) is 5.56 Å². The molecule has 1 atom stereocenters. The van der Waals surface area contributed by atoms with Crippen LogP contribution in [-0.4, -0.2) is 11.6 Å². The van der Waals surface area contributed by atoms with Gasteiger partial charge in [-0.15, -0.1) is 0 Å². The van der Waals surface area contributed by atoms with E-state index in [4.69, 9.17) is 4.74 Å². The molecule has 2 aromatic carbocycles. The van der Waals surface area contributed by atoms with Crippen molar-refractivity contribution >= 4 is 26.8 Å². The molecule has 1 heterocycles. The molecule has 0 saturated carbocycles. The van der Waals surface area contributed by atoms with Gasteiger partial charge in [0.2, 0.25) is 0 Å². The molecule has 3 aromatic rings. The number of hydrogen-bond donors (Lipinski definition) is 1. The van der Waals surface area contributed by atoms with Crippen LogP contribution in [0.2, 0.25) is 0 Å². The molecule has 0 bridgehead atoms. The first-order chi connectivity index (χ1) is 12.9. The van der Waals surface area contributed by atoms with Gasteiger partial charge in [0.05, 0.1) is 18.1 Å². The molecule has 0 spiro atoms. The molecule has 1 aromatic heterocycles. The first kappa shape index (κ1) is 19.2. The Morgan fingerprint density at radius 1 is 1.19 bits per heavy atom. The number of H-pyrrole nitrogens is 1. The number of fused-ring (bicyclic) bond motifs is 1. The van der Waals surface area contributed by atoms with Gasteiger partial charge in [-0.05, 0) is 60.7 Å². The van der Waals surface area contributed by atoms with Crippen LogP contribution in [0.25, 0.3) is 10.9 Å². The Kier molecular flexibility index (Phi) is 5.67. The van der Waals surface area contributed by atoms with E-state index in [1.54, 1.807) is 0 Å². The molecule has 0 aliphatic rings. The van der Waals surface area contributed by atoms with Gasteiger partial charge < -0.3 is 9.72 Å². The summed E-state index contributed by atoms with van der Waals surface area (Å²) in [7, 11) is 0. The number of aryl methyl sites for hydroxylation is 1. The van der Waals surface area contributed by atoms with Crippen molar-refractivity contribution in [3.8, 4) is 11.8 Å². The van der Waals surface area contributed by atoms with Gasteiger partial charge in [0.15, 0.2) is 0 Å². The average Bonchev–Trinajstić information content (AvgIpc) is 2.68. The fourth-order valence-corrected chi connectivity index (χ4v) is 3.29. The van der Waals surface area contributed by atoms with Crippen molar-refractivity contribution in [2.45, 2.75) is 32.1 Å². The fourth-order valence-electron chi connectivity index (χ4n) is 3.02. The molecule has 1 unspecified atom stereocenters. The maximum absolute atomic E-state index is 12.1. The number of rotatable bonds is 6. The molecule has 5 heteroatoms. The first-order valence-corrected chi connectivity index (χ1v) is 9.70. The Hall–Kier alpha value is -2.58. The molecule has 0 radical (unpaired) electrons. The van der Waals surface area contributed by atoms with Gasteiger partial charge in [0, 0.05) is 22.0 Å². The zero-order chi connectivity index (χ0) is 19.4. The van der Waals surface area contributed by atoms with Crippen molar-refractivity contribution in [2.24, 2.45) is 0 Å². The van der Waals surface area contributed by atoms with Gasteiger partial charge in [-0.3, -0.25) is 4.79 Å². The zero-order valence-corrected chi connectivity index (χ0v) is 17.0. The van der Waals surface area contributed by atoms with Crippen LogP contribution >= 0.6 is 15.9 Å². The molecule has 0 saturated heterocycles. The highest BCUT2D eigenvalue weighted by molar-refractivity contribution is 9.10. The number of nitrogens with zero attached hydrogens (tertiary/aromatic N) is 1. The van der Waals surface area contributed by atoms with Gasteiger partial charge in [-0.25, -0.2) is 0 Å². The minimum Gasteiger partial charge on any atom is -0.494 e. The molecule has 4 nitrogen and oxygen atoms in total. The topological polar surface area (TPSA) is 65.9 Å². The van der Waals surface area contributed by atoms with Crippen LogP contribution in [0.1, 0.15) is 31.4 Å². The Balaban J connectivity index is 1.81. The molecular formula is C22H21BrN2O2. The third-order valence-electron chi connectivity index (χ3n) is 4.87. The van der Waals surface area contributed by atoms with E-state index in [1.165, 1.54) is 0 Å². The highest BCUT2D eigenvalue weighted by Crippen LogP contribution is 2.29. The summed E-state index contributed by atoms with van der Waals surface area (Å²) >= 11 is 3.40. The maximum Gasteiger partial charge on any atom is 0.251 e. The van der Waals surface area contributed by atoms with E-state index in [0.29, 0.717) is 19.4 Å². The minimum absolute atomic E-state index is 0.0700. The SMILES string of the molecule is CCc1cc2ccc(C(C)(C#N)CCOc3ccc(Br)cc3)cc2[nH]c1=O. The fraction of sp³-hybridized carbons (Fsp3) is 0.273. The standard InChI is InChI=1S/C22H21BrN2O2/c1-3-15-12-16-4-5-17(13-20(16)25-21(15)26)22(2,14-24)10-11-27-19-8-6-18(23)7-9-19/h4-9,12-13H,3,10-11H2,1-2H3,(H,25,26). The summed E-state index contributed by atoms with van der Waals surface area (Å²) in [5.41, 5.74) is 1.62. The van der Waals surface area contributed by atoms with E-state index in [9.17, 15) is 10.1 Å². The molecular weight excluding hydrogens is 404 g/mol. The number of aromatic amines is 1. The zero-order valence-electron chi connectivity index (χ0n) is 15.4. The van der Waals surface area contributed by atoms with Gasteiger partial charge in [-0.2, -0.15) is 5.26 Å². The second-order valence-corrected chi connectivity index (χ2v) is 7.69. The summed E-state index contributed by atoms with van der Waals surface area (Å²) in [6.45, 7) is 4.29. The molecule has 0 amide bonds. The predicted octanol–water partition coefficient (Wildman–Crippen LogP) is 5.10. The minimum atomic E-state index is -0.704. The van der Waals surface area contributed by atoms with E-state index < -0.39 is 5.41 Å². The van der Waals surface area contributed by atoms with Crippen molar-refractivity contribution in [1.82, 2.24) is 4.98 Å². The smallest absolute Gasteiger partial charge is 0.251 e. The first-order valence-electron chi connectivity index (χ1n) is 8.91. The van der Waals surface area contributed by atoms with Crippen molar-refractivity contribution < 1.29 is 4.74 Å². The van der Waals surface area contributed by atoms with Crippen LogP contribution in [-0.2, 0) is 11.8 Å². The van der Waals surface area contributed by atoms with Crippen LogP contribution in [0.3, 0.4) is 0 Å². The highest BCUT2D eigenvalue weighted by Gasteiger charge is 2.27. The number of halogens is 1. The summed E-state index contributed by atoms with van der Waals surface area (Å²) in [5.74, 6) is 0.772. The number of hydrogen-bond acceptors (Lipinski definition) is 3. The normalized spacial score (nSPS) is 13.1. The van der Waals surface area contributed by atoms with Crippen LogP contribution in [0.4, 0.5) is 0 Å². The van der Waals surface area contributed by atoms with E-state index in [1.807, 2.05) is 62.4 Å². The van der Waals surface area contributed by atoms with Crippen LogP contribution in [0, 0.1) is 11.3 Å². The highest BCUT2D eigenvalue weighted by atomic mass is 79.9. The van der Waals surface area contributed by atoms with Crippen LogP contribution < -0.4 is 10.3 Å². The Bertz CT molecular complexity index is 1050. The number of benzene rings is 2. The summed E-state index contributed by atoms with van der Waals surface area (Å²) in [4.78, 5) is 15.0. The van der Waals surface area contributed by atoms with Crippen molar-refractivity contribution in [3.05, 3.63) is 74.5 Å². The third kappa shape index (κ3) is 4.23. The number of pyridine rings is 1. The van der Waals surface area contributed by atoms with Crippen molar-refractivity contribution in [1.29, 1.82) is 5.26 Å².